The van der Waals surface area contributed by atoms with E-state index >= 15 is 0 Å². The first kappa shape index (κ1) is 24.7. The Morgan fingerprint density at radius 2 is 2.06 bits per heavy atom. The van der Waals surface area contributed by atoms with Gasteiger partial charge in [-0.25, -0.2) is 0 Å². The number of halogens is 1. The minimum atomic E-state index is -0.737. The van der Waals surface area contributed by atoms with Crippen molar-refractivity contribution in [1.29, 1.82) is 0 Å². The lowest BCUT2D eigenvalue weighted by molar-refractivity contribution is -0.120. The van der Waals surface area contributed by atoms with Crippen LogP contribution in [-0.4, -0.2) is 62.5 Å². The lowest BCUT2D eigenvalue weighted by Gasteiger charge is -2.29. The molecule has 0 aromatic heterocycles. The third-order valence-corrected chi connectivity index (χ3v) is 6.13. The molecule has 0 saturated carbocycles. The number of amides is 3. The zero-order valence-electron chi connectivity index (χ0n) is 18.5. The van der Waals surface area contributed by atoms with Crippen molar-refractivity contribution in [2.45, 2.75) is 12.5 Å². The topological polar surface area (TPSA) is 99.8 Å². The van der Waals surface area contributed by atoms with Crippen molar-refractivity contribution < 1.29 is 19.1 Å². The average Bonchev–Trinajstić information content (AvgIpc) is 2.81. The number of rotatable bonds is 9. The van der Waals surface area contributed by atoms with Crippen molar-refractivity contribution in [3.05, 3.63) is 53.1 Å². The van der Waals surface area contributed by atoms with E-state index in [4.69, 9.17) is 16.3 Å². The highest BCUT2D eigenvalue weighted by molar-refractivity contribution is 7.98. The quantitative estimate of drug-likeness (QED) is 0.500. The number of anilines is 2. The molecule has 1 heterocycles. The highest BCUT2D eigenvalue weighted by Gasteiger charge is 2.24. The Hall–Kier alpha value is -2.91. The summed E-state index contributed by atoms with van der Waals surface area (Å²) in [4.78, 5) is 39.4. The van der Waals surface area contributed by atoms with Gasteiger partial charge in [-0.1, -0.05) is 23.7 Å². The van der Waals surface area contributed by atoms with E-state index in [-0.39, 0.29) is 24.3 Å². The molecule has 2 aromatic carbocycles. The molecule has 33 heavy (non-hydrogen) atoms. The fourth-order valence-corrected chi connectivity index (χ4v) is 4.26. The fourth-order valence-electron chi connectivity index (χ4n) is 3.49. The van der Waals surface area contributed by atoms with Crippen LogP contribution >= 0.6 is 23.4 Å². The molecule has 1 atom stereocenters. The SMILES string of the molecule is COc1ccccc1C(=O)NC(CCSC)C(=O)Nc1ccc(N2CCNC(=O)C2)c(Cl)c1. The molecule has 2 aromatic rings. The average molecular weight is 491 g/mol. The van der Waals surface area contributed by atoms with E-state index in [1.807, 2.05) is 11.2 Å². The van der Waals surface area contributed by atoms with Crippen LogP contribution in [0.1, 0.15) is 16.8 Å². The Bertz CT molecular complexity index is 1020. The third kappa shape index (κ3) is 6.55. The van der Waals surface area contributed by atoms with Crippen LogP contribution in [0.2, 0.25) is 5.02 Å². The number of hydrogen-bond donors (Lipinski definition) is 3. The summed E-state index contributed by atoms with van der Waals surface area (Å²) in [6.45, 7) is 1.44. The second kappa shape index (κ2) is 11.8. The van der Waals surface area contributed by atoms with Gasteiger partial charge in [-0.2, -0.15) is 11.8 Å². The number of hydrogen-bond acceptors (Lipinski definition) is 6. The summed E-state index contributed by atoms with van der Waals surface area (Å²) in [5.41, 5.74) is 1.60. The van der Waals surface area contributed by atoms with Crippen molar-refractivity contribution in [1.82, 2.24) is 10.6 Å². The van der Waals surface area contributed by atoms with Gasteiger partial charge in [0, 0.05) is 18.8 Å². The van der Waals surface area contributed by atoms with Crippen LogP contribution < -0.4 is 25.6 Å². The minimum Gasteiger partial charge on any atom is -0.496 e. The van der Waals surface area contributed by atoms with E-state index in [9.17, 15) is 14.4 Å². The van der Waals surface area contributed by atoms with Gasteiger partial charge in [0.25, 0.3) is 5.91 Å². The molecule has 1 saturated heterocycles. The van der Waals surface area contributed by atoms with Crippen LogP contribution in [-0.2, 0) is 9.59 Å². The van der Waals surface area contributed by atoms with Crippen LogP contribution in [0.25, 0.3) is 0 Å². The maximum Gasteiger partial charge on any atom is 0.255 e. The Balaban J connectivity index is 1.71. The summed E-state index contributed by atoms with van der Waals surface area (Å²) >= 11 is 8.03. The van der Waals surface area contributed by atoms with Crippen molar-refractivity contribution in [3.63, 3.8) is 0 Å². The molecular formula is C23H27ClN4O4S. The predicted molar refractivity (Wildman–Crippen MR) is 133 cm³/mol. The van der Waals surface area contributed by atoms with Crippen LogP contribution in [0.3, 0.4) is 0 Å². The van der Waals surface area contributed by atoms with E-state index < -0.39 is 6.04 Å². The second-order valence-corrected chi connectivity index (χ2v) is 8.83. The molecule has 0 aliphatic carbocycles. The largest absolute Gasteiger partial charge is 0.496 e. The lowest BCUT2D eigenvalue weighted by atomic mass is 10.1. The van der Waals surface area contributed by atoms with Crippen LogP contribution in [0, 0.1) is 0 Å². The van der Waals surface area contributed by atoms with Crippen molar-refractivity contribution in [2.75, 3.05) is 49.0 Å². The molecule has 3 N–H and O–H groups in total. The number of carbonyl (C=O) groups is 3. The van der Waals surface area contributed by atoms with E-state index in [0.717, 1.165) is 5.69 Å². The number of para-hydroxylation sites is 1. The molecule has 3 amide bonds. The summed E-state index contributed by atoms with van der Waals surface area (Å²) < 4.78 is 5.26. The summed E-state index contributed by atoms with van der Waals surface area (Å²) in [6.07, 6.45) is 2.40. The summed E-state index contributed by atoms with van der Waals surface area (Å²) in [5, 5.41) is 8.86. The number of piperazine rings is 1. The number of nitrogens with one attached hydrogen (secondary N) is 3. The van der Waals surface area contributed by atoms with Gasteiger partial charge in [0.05, 0.1) is 29.9 Å². The monoisotopic (exact) mass is 490 g/mol. The molecule has 8 nitrogen and oxygen atoms in total. The molecule has 1 fully saturated rings. The summed E-state index contributed by atoms with van der Waals surface area (Å²) in [5.74, 6) is 0.352. The van der Waals surface area contributed by atoms with Crippen molar-refractivity contribution in [3.8, 4) is 5.75 Å². The predicted octanol–water partition coefficient (Wildman–Crippen LogP) is 2.78. The maximum absolute atomic E-state index is 13.0. The van der Waals surface area contributed by atoms with E-state index in [1.165, 1.54) is 7.11 Å². The van der Waals surface area contributed by atoms with Gasteiger partial charge in [-0.3, -0.25) is 14.4 Å². The normalized spacial score (nSPS) is 14.3. The van der Waals surface area contributed by atoms with Gasteiger partial charge in [0.15, 0.2) is 0 Å². The van der Waals surface area contributed by atoms with Crippen LogP contribution in [0.15, 0.2) is 42.5 Å². The van der Waals surface area contributed by atoms with Gasteiger partial charge in [-0.15, -0.1) is 0 Å². The molecule has 1 aliphatic rings. The Morgan fingerprint density at radius 1 is 1.27 bits per heavy atom. The number of methoxy groups -OCH3 is 1. The van der Waals surface area contributed by atoms with Gasteiger partial charge < -0.3 is 25.6 Å². The molecule has 0 radical (unpaired) electrons. The van der Waals surface area contributed by atoms with Gasteiger partial charge in [-0.05, 0) is 48.8 Å². The molecule has 0 spiro atoms. The second-order valence-electron chi connectivity index (χ2n) is 7.43. The molecule has 10 heteroatoms. The van der Waals surface area contributed by atoms with Gasteiger partial charge in [0.1, 0.15) is 11.8 Å². The molecule has 176 valence electrons. The molecule has 3 rings (SSSR count). The first-order valence-electron chi connectivity index (χ1n) is 10.5. The number of thioether (sulfide) groups is 1. The van der Waals surface area contributed by atoms with Crippen LogP contribution in [0.5, 0.6) is 5.75 Å². The van der Waals surface area contributed by atoms with Crippen LogP contribution in [0.4, 0.5) is 11.4 Å². The first-order chi connectivity index (χ1) is 15.9. The Labute approximate surface area is 202 Å². The number of ether oxygens (including phenoxy) is 1. The minimum absolute atomic E-state index is 0.0582. The van der Waals surface area contributed by atoms with Crippen molar-refractivity contribution >= 4 is 52.5 Å². The first-order valence-corrected chi connectivity index (χ1v) is 12.2. The van der Waals surface area contributed by atoms with Crippen molar-refractivity contribution in [2.24, 2.45) is 0 Å². The zero-order chi connectivity index (χ0) is 23.8. The summed E-state index contributed by atoms with van der Waals surface area (Å²) in [7, 11) is 1.49. The number of carbonyl (C=O) groups excluding carboxylic acids is 3. The smallest absolute Gasteiger partial charge is 0.255 e. The molecule has 1 unspecified atom stereocenters. The third-order valence-electron chi connectivity index (χ3n) is 5.18. The summed E-state index contributed by atoms with van der Waals surface area (Å²) in [6, 6.07) is 11.3. The Kier molecular flexibility index (Phi) is 8.85. The highest BCUT2D eigenvalue weighted by atomic mass is 35.5. The molecular weight excluding hydrogens is 464 g/mol. The molecule has 0 bridgehead atoms. The zero-order valence-corrected chi connectivity index (χ0v) is 20.1. The van der Waals surface area contributed by atoms with E-state index in [0.29, 0.717) is 47.3 Å². The fraction of sp³-hybridized carbons (Fsp3) is 0.348. The number of nitrogens with zero attached hydrogens (tertiary/aromatic N) is 1. The maximum atomic E-state index is 13.0. The van der Waals surface area contributed by atoms with E-state index in [2.05, 4.69) is 16.0 Å². The van der Waals surface area contributed by atoms with Gasteiger partial charge >= 0.3 is 0 Å². The Morgan fingerprint density at radius 3 is 2.76 bits per heavy atom. The van der Waals surface area contributed by atoms with Gasteiger partial charge in [0.2, 0.25) is 11.8 Å². The highest BCUT2D eigenvalue weighted by Crippen LogP contribution is 2.29. The van der Waals surface area contributed by atoms with E-state index in [1.54, 1.807) is 54.2 Å². The lowest BCUT2D eigenvalue weighted by Crippen LogP contribution is -2.47. The molecule has 1 aliphatic heterocycles. The number of benzene rings is 2. The standard InChI is InChI=1S/C23H27ClN4O4S/c1-32-20-6-4-3-5-16(20)22(30)27-18(9-12-33-2)23(31)26-15-7-8-19(17(24)13-15)28-11-10-25-21(29)14-28/h3-8,13,18H,9-12,14H2,1-2H3,(H,25,29)(H,26,31)(H,27,30).